The summed E-state index contributed by atoms with van der Waals surface area (Å²) < 4.78 is 4.66. The van der Waals surface area contributed by atoms with Crippen LogP contribution in [0.5, 0.6) is 0 Å². The maximum absolute atomic E-state index is 4.78. The van der Waals surface area contributed by atoms with Crippen molar-refractivity contribution in [3.8, 4) is 22.5 Å². The molecule has 0 amide bonds. The first-order valence-corrected chi connectivity index (χ1v) is 15.8. The SMILES string of the molecule is C=CCc1ccc2c(c1)c1ncccc1n2-c1ccc(-c2ccc(-n3c4ccc(CC=C)cc4c4ncccc43)cc2C)c(C)c1. The molecule has 4 aromatic carbocycles. The Balaban J connectivity index is 1.22. The Labute approximate surface area is 268 Å². The lowest BCUT2D eigenvalue weighted by atomic mass is 9.95. The van der Waals surface area contributed by atoms with Crippen LogP contribution < -0.4 is 0 Å². The zero-order valence-corrected chi connectivity index (χ0v) is 26.2. The first-order chi connectivity index (χ1) is 22.6. The molecule has 0 bridgehead atoms. The van der Waals surface area contributed by atoms with Crippen molar-refractivity contribution < 1.29 is 0 Å². The summed E-state index contributed by atoms with van der Waals surface area (Å²) in [7, 11) is 0. The normalized spacial score (nSPS) is 11.6. The van der Waals surface area contributed by atoms with Crippen LogP contribution in [-0.4, -0.2) is 19.1 Å². The fourth-order valence-corrected chi connectivity index (χ4v) is 7.09. The van der Waals surface area contributed by atoms with Crippen LogP contribution in [-0.2, 0) is 12.8 Å². The Kier molecular flexibility index (Phi) is 6.65. The molecule has 0 aliphatic rings. The number of hydrogen-bond donors (Lipinski definition) is 0. The maximum Gasteiger partial charge on any atom is 0.0963 e. The van der Waals surface area contributed by atoms with Crippen LogP contribution in [0.25, 0.3) is 66.4 Å². The van der Waals surface area contributed by atoms with E-state index in [9.17, 15) is 0 Å². The summed E-state index contributed by atoms with van der Waals surface area (Å²) in [6.45, 7) is 12.3. The molecule has 222 valence electrons. The van der Waals surface area contributed by atoms with E-state index in [0.717, 1.165) is 57.3 Å². The van der Waals surface area contributed by atoms with Crippen molar-refractivity contribution in [3.05, 3.63) is 157 Å². The topological polar surface area (TPSA) is 35.6 Å². The van der Waals surface area contributed by atoms with Gasteiger partial charge in [0.15, 0.2) is 0 Å². The van der Waals surface area contributed by atoms with Gasteiger partial charge in [-0.1, -0.05) is 36.4 Å². The average Bonchev–Trinajstić information content (AvgIpc) is 3.58. The van der Waals surface area contributed by atoms with E-state index in [0.29, 0.717) is 0 Å². The summed E-state index contributed by atoms with van der Waals surface area (Å²) in [6.07, 6.45) is 9.33. The molecule has 8 rings (SSSR count). The van der Waals surface area contributed by atoms with Gasteiger partial charge in [-0.25, -0.2) is 0 Å². The van der Waals surface area contributed by atoms with E-state index in [-0.39, 0.29) is 0 Å². The van der Waals surface area contributed by atoms with Gasteiger partial charge in [0, 0.05) is 34.5 Å². The summed E-state index contributed by atoms with van der Waals surface area (Å²) in [5.74, 6) is 0. The molecule has 0 radical (unpaired) electrons. The second kappa shape index (κ2) is 11.0. The number of fused-ring (bicyclic) bond motifs is 6. The van der Waals surface area contributed by atoms with Crippen LogP contribution >= 0.6 is 0 Å². The second-order valence-corrected chi connectivity index (χ2v) is 12.1. The summed E-state index contributed by atoms with van der Waals surface area (Å²) in [6, 6.07) is 35.3. The van der Waals surface area contributed by atoms with Crippen molar-refractivity contribution in [2.75, 3.05) is 0 Å². The average molecular weight is 595 g/mol. The first kappa shape index (κ1) is 27.8. The van der Waals surface area contributed by atoms with E-state index in [1.54, 1.807) is 0 Å². The molecular formula is C42H34N4. The number of allylic oxidation sites excluding steroid dienone is 2. The van der Waals surface area contributed by atoms with E-state index >= 15 is 0 Å². The first-order valence-electron chi connectivity index (χ1n) is 15.8. The van der Waals surface area contributed by atoms with Gasteiger partial charge in [0.05, 0.1) is 33.1 Å². The van der Waals surface area contributed by atoms with Gasteiger partial charge in [-0.2, -0.15) is 0 Å². The van der Waals surface area contributed by atoms with Gasteiger partial charge in [0.25, 0.3) is 0 Å². The Morgan fingerprint density at radius 3 is 1.41 bits per heavy atom. The molecule has 0 atom stereocenters. The number of nitrogens with zero attached hydrogens (tertiary/aromatic N) is 4. The lowest BCUT2D eigenvalue weighted by Crippen LogP contribution is -1.98. The fraction of sp³-hybridized carbons (Fsp3) is 0.0952. The predicted molar refractivity (Wildman–Crippen MR) is 193 cm³/mol. The van der Waals surface area contributed by atoms with Crippen molar-refractivity contribution in [1.82, 2.24) is 19.1 Å². The smallest absolute Gasteiger partial charge is 0.0963 e. The Bertz CT molecular complexity index is 2320. The minimum absolute atomic E-state index is 0.839. The molecule has 0 aliphatic carbocycles. The van der Waals surface area contributed by atoms with E-state index in [1.807, 2.05) is 36.7 Å². The number of pyridine rings is 2. The number of aryl methyl sites for hydroxylation is 2. The van der Waals surface area contributed by atoms with Crippen LogP contribution in [0.1, 0.15) is 22.3 Å². The van der Waals surface area contributed by atoms with Crippen molar-refractivity contribution in [1.29, 1.82) is 0 Å². The highest BCUT2D eigenvalue weighted by Crippen LogP contribution is 2.36. The van der Waals surface area contributed by atoms with Gasteiger partial charge in [-0.15, -0.1) is 13.2 Å². The molecule has 46 heavy (non-hydrogen) atoms. The second-order valence-electron chi connectivity index (χ2n) is 12.1. The third-order valence-corrected chi connectivity index (χ3v) is 9.16. The Hall–Kier alpha value is -5.74. The van der Waals surface area contributed by atoms with Gasteiger partial charge in [0.1, 0.15) is 0 Å². The van der Waals surface area contributed by atoms with Gasteiger partial charge >= 0.3 is 0 Å². The largest absolute Gasteiger partial charge is 0.308 e. The molecule has 0 N–H and O–H groups in total. The molecular weight excluding hydrogens is 560 g/mol. The molecule has 0 unspecified atom stereocenters. The molecule has 0 fully saturated rings. The standard InChI is InChI=1S/C42H34N4/c1-5-9-29-13-19-37-35(25-29)41-39(11-7-21-43-41)45(37)31-15-17-33(27(3)23-31)34-18-16-32(24-28(34)4)46-38-20-14-30(10-6-2)26-36(38)42-40(46)12-8-22-44-42/h5-8,11-26H,1-2,9-10H2,3-4H3. The molecule has 8 aromatic rings. The monoisotopic (exact) mass is 594 g/mol. The zero-order valence-electron chi connectivity index (χ0n) is 26.2. The van der Waals surface area contributed by atoms with Crippen LogP contribution in [0.4, 0.5) is 0 Å². The van der Waals surface area contributed by atoms with Crippen LogP contribution in [0, 0.1) is 13.8 Å². The number of benzene rings is 4. The molecule has 0 aliphatic heterocycles. The Morgan fingerprint density at radius 1 is 0.543 bits per heavy atom. The summed E-state index contributed by atoms with van der Waals surface area (Å²) in [5.41, 5.74) is 16.3. The van der Waals surface area contributed by atoms with Crippen molar-refractivity contribution in [2.24, 2.45) is 0 Å². The van der Waals surface area contributed by atoms with E-state index in [2.05, 4.69) is 121 Å². The number of aromatic nitrogens is 4. The van der Waals surface area contributed by atoms with Gasteiger partial charge in [-0.05, 0) is 133 Å². The van der Waals surface area contributed by atoms with Crippen molar-refractivity contribution in [3.63, 3.8) is 0 Å². The Morgan fingerprint density at radius 2 is 1.00 bits per heavy atom. The van der Waals surface area contributed by atoms with Crippen LogP contribution in [0.15, 0.2) is 135 Å². The molecule has 0 saturated carbocycles. The molecule has 4 aromatic heterocycles. The fourth-order valence-electron chi connectivity index (χ4n) is 7.09. The molecule has 4 heteroatoms. The van der Waals surface area contributed by atoms with Crippen molar-refractivity contribution >= 4 is 43.9 Å². The van der Waals surface area contributed by atoms with Gasteiger partial charge in [0.2, 0.25) is 0 Å². The quantitative estimate of drug-likeness (QED) is 0.172. The molecule has 0 spiro atoms. The predicted octanol–water partition coefficient (Wildman–Crippen LogP) is 10.4. The highest BCUT2D eigenvalue weighted by atomic mass is 15.0. The maximum atomic E-state index is 4.78. The van der Waals surface area contributed by atoms with Crippen molar-refractivity contribution in [2.45, 2.75) is 26.7 Å². The summed E-state index contributed by atoms with van der Waals surface area (Å²) in [4.78, 5) is 9.56. The van der Waals surface area contributed by atoms with Gasteiger partial charge < -0.3 is 9.13 Å². The third kappa shape index (κ3) is 4.37. The van der Waals surface area contributed by atoms with E-state index in [1.165, 1.54) is 44.2 Å². The number of rotatable bonds is 7. The van der Waals surface area contributed by atoms with Crippen LogP contribution in [0.2, 0.25) is 0 Å². The summed E-state index contributed by atoms with van der Waals surface area (Å²) >= 11 is 0. The summed E-state index contributed by atoms with van der Waals surface area (Å²) in [5, 5.41) is 2.33. The van der Waals surface area contributed by atoms with Gasteiger partial charge in [-0.3, -0.25) is 9.97 Å². The molecule has 0 saturated heterocycles. The van der Waals surface area contributed by atoms with E-state index in [4.69, 9.17) is 9.97 Å². The number of hydrogen-bond acceptors (Lipinski definition) is 2. The van der Waals surface area contributed by atoms with E-state index < -0.39 is 0 Å². The highest BCUT2D eigenvalue weighted by Gasteiger charge is 2.17. The third-order valence-electron chi connectivity index (χ3n) is 9.16. The lowest BCUT2D eigenvalue weighted by Gasteiger charge is -2.15. The molecule has 4 nitrogen and oxygen atoms in total. The minimum Gasteiger partial charge on any atom is -0.308 e. The highest BCUT2D eigenvalue weighted by molar-refractivity contribution is 6.08. The minimum atomic E-state index is 0.839. The zero-order chi connectivity index (χ0) is 31.4. The lowest BCUT2D eigenvalue weighted by molar-refractivity contribution is 1.16. The van der Waals surface area contributed by atoms with Crippen LogP contribution in [0.3, 0.4) is 0 Å². The molecule has 4 heterocycles.